The number of aryl methyl sites for hydroxylation is 1. The van der Waals surface area contributed by atoms with E-state index in [0.29, 0.717) is 16.1 Å². The normalized spacial score (nSPS) is 11.5. The molecule has 0 aliphatic heterocycles. The number of ether oxygens (including phenoxy) is 1. The molecule has 8 heteroatoms. The highest BCUT2D eigenvalue weighted by Gasteiger charge is 2.22. The summed E-state index contributed by atoms with van der Waals surface area (Å²) in [5.74, 6) is -0.781. The van der Waals surface area contributed by atoms with Crippen LogP contribution in [0.25, 0.3) is 0 Å². The monoisotopic (exact) mass is 409 g/mol. The maximum absolute atomic E-state index is 12.4. The van der Waals surface area contributed by atoms with Gasteiger partial charge >= 0.3 is 5.97 Å². The van der Waals surface area contributed by atoms with Crippen LogP contribution in [0.1, 0.15) is 40.2 Å². The van der Waals surface area contributed by atoms with Crippen LogP contribution >= 0.6 is 11.3 Å². The number of amides is 1. The zero-order valence-electron chi connectivity index (χ0n) is 16.0. The van der Waals surface area contributed by atoms with Crippen LogP contribution in [0.2, 0.25) is 0 Å². The molecular formula is C19H23NO5S2. The van der Waals surface area contributed by atoms with Crippen molar-refractivity contribution in [1.29, 1.82) is 0 Å². The van der Waals surface area contributed by atoms with Gasteiger partial charge in [0.25, 0.3) is 0 Å². The first-order valence-electron chi connectivity index (χ1n) is 8.39. The van der Waals surface area contributed by atoms with Crippen LogP contribution in [-0.4, -0.2) is 32.7 Å². The molecular weight excluding hydrogens is 386 g/mol. The highest BCUT2D eigenvalue weighted by molar-refractivity contribution is 7.92. The number of hydrogen-bond donors (Lipinski definition) is 1. The largest absolute Gasteiger partial charge is 0.465 e. The number of carbonyl (C=O) groups is 2. The maximum atomic E-state index is 12.4. The van der Waals surface area contributed by atoms with E-state index < -0.39 is 21.1 Å². The van der Waals surface area contributed by atoms with Crippen LogP contribution in [0.3, 0.4) is 0 Å². The molecule has 0 fully saturated rings. The third-order valence-electron chi connectivity index (χ3n) is 4.26. The number of anilines is 1. The van der Waals surface area contributed by atoms with Crippen molar-refractivity contribution in [3.05, 3.63) is 45.8 Å². The van der Waals surface area contributed by atoms with Crippen LogP contribution < -0.4 is 5.32 Å². The second kappa shape index (κ2) is 8.22. The van der Waals surface area contributed by atoms with E-state index in [1.807, 2.05) is 13.8 Å². The SMILES string of the molecule is COC(=O)c1c(NC(=O)Cc2ccc(S(=O)(=O)C(C)C)cc2)sc(C)c1C. The first-order valence-corrected chi connectivity index (χ1v) is 10.7. The average molecular weight is 410 g/mol. The Labute approximate surface area is 163 Å². The van der Waals surface area contributed by atoms with E-state index in [9.17, 15) is 18.0 Å². The fraction of sp³-hybridized carbons (Fsp3) is 0.368. The molecule has 2 rings (SSSR count). The topological polar surface area (TPSA) is 89.5 Å². The van der Waals surface area contributed by atoms with Gasteiger partial charge in [-0.3, -0.25) is 4.79 Å². The molecule has 2 aromatic rings. The molecule has 0 atom stereocenters. The van der Waals surface area contributed by atoms with Crippen LogP contribution in [0.5, 0.6) is 0 Å². The minimum absolute atomic E-state index is 0.0681. The molecule has 0 spiro atoms. The Morgan fingerprint density at radius 3 is 2.26 bits per heavy atom. The Morgan fingerprint density at radius 1 is 1.15 bits per heavy atom. The molecule has 27 heavy (non-hydrogen) atoms. The van der Waals surface area contributed by atoms with Crippen molar-refractivity contribution in [1.82, 2.24) is 0 Å². The van der Waals surface area contributed by atoms with E-state index in [0.717, 1.165) is 10.4 Å². The van der Waals surface area contributed by atoms with Crippen molar-refractivity contribution in [2.75, 3.05) is 12.4 Å². The van der Waals surface area contributed by atoms with Crippen LogP contribution in [0.15, 0.2) is 29.2 Å². The first kappa shape index (κ1) is 21.1. The van der Waals surface area contributed by atoms with E-state index in [1.165, 1.54) is 30.6 Å². The fourth-order valence-electron chi connectivity index (χ4n) is 2.49. The van der Waals surface area contributed by atoms with E-state index in [-0.39, 0.29) is 17.2 Å². The zero-order valence-corrected chi connectivity index (χ0v) is 17.6. The van der Waals surface area contributed by atoms with Crippen LogP contribution in [0, 0.1) is 13.8 Å². The van der Waals surface area contributed by atoms with Crippen molar-refractivity contribution in [2.24, 2.45) is 0 Å². The molecule has 0 radical (unpaired) electrons. The summed E-state index contributed by atoms with van der Waals surface area (Å²) in [6.07, 6.45) is 0.0681. The molecule has 1 aromatic heterocycles. The first-order chi connectivity index (χ1) is 12.6. The minimum Gasteiger partial charge on any atom is -0.465 e. The average Bonchev–Trinajstić information content (AvgIpc) is 2.88. The van der Waals surface area contributed by atoms with Crippen LogP contribution in [0.4, 0.5) is 5.00 Å². The van der Waals surface area contributed by atoms with Crippen molar-refractivity contribution in [2.45, 2.75) is 44.3 Å². The lowest BCUT2D eigenvalue weighted by atomic mass is 10.1. The number of hydrogen-bond acceptors (Lipinski definition) is 6. The van der Waals surface area contributed by atoms with Gasteiger partial charge in [-0.2, -0.15) is 0 Å². The smallest absolute Gasteiger partial charge is 0.341 e. The number of nitrogens with one attached hydrogen (secondary N) is 1. The summed E-state index contributed by atoms with van der Waals surface area (Å²) in [6.45, 7) is 6.93. The van der Waals surface area contributed by atoms with E-state index in [2.05, 4.69) is 5.32 Å². The molecule has 0 saturated heterocycles. The number of sulfone groups is 1. The Balaban J connectivity index is 2.16. The number of thiophene rings is 1. The van der Waals surface area contributed by atoms with Crippen molar-refractivity contribution in [3.8, 4) is 0 Å². The predicted octanol–water partition coefficient (Wildman–Crippen LogP) is 3.51. The van der Waals surface area contributed by atoms with Crippen molar-refractivity contribution >= 4 is 38.1 Å². The summed E-state index contributed by atoms with van der Waals surface area (Å²) in [5, 5.41) is 2.71. The van der Waals surface area contributed by atoms with Gasteiger partial charge in [0.15, 0.2) is 9.84 Å². The van der Waals surface area contributed by atoms with Gasteiger partial charge in [0.1, 0.15) is 5.00 Å². The maximum Gasteiger partial charge on any atom is 0.341 e. The van der Waals surface area contributed by atoms with Gasteiger partial charge in [0.2, 0.25) is 5.91 Å². The zero-order chi connectivity index (χ0) is 20.4. The number of rotatable bonds is 6. The second-order valence-electron chi connectivity index (χ2n) is 6.44. The lowest BCUT2D eigenvalue weighted by Crippen LogP contribution is -2.17. The number of esters is 1. The van der Waals surface area contributed by atoms with E-state index >= 15 is 0 Å². The van der Waals surface area contributed by atoms with Crippen molar-refractivity contribution < 1.29 is 22.7 Å². The summed E-state index contributed by atoms with van der Waals surface area (Å²) in [7, 11) is -2.04. The molecule has 1 aromatic carbocycles. The molecule has 0 unspecified atom stereocenters. The molecule has 1 N–H and O–H groups in total. The highest BCUT2D eigenvalue weighted by Crippen LogP contribution is 2.33. The molecule has 6 nitrogen and oxygen atoms in total. The summed E-state index contributed by atoms with van der Waals surface area (Å²) in [4.78, 5) is 25.5. The molecule has 146 valence electrons. The lowest BCUT2D eigenvalue weighted by Gasteiger charge is -2.09. The Kier molecular flexibility index (Phi) is 6.43. The van der Waals surface area contributed by atoms with Crippen molar-refractivity contribution in [3.63, 3.8) is 0 Å². The quantitative estimate of drug-likeness (QED) is 0.738. The summed E-state index contributed by atoms with van der Waals surface area (Å²) in [6, 6.07) is 6.27. The van der Waals surface area contributed by atoms with Gasteiger partial charge < -0.3 is 10.1 Å². The van der Waals surface area contributed by atoms with Gasteiger partial charge in [0.05, 0.1) is 29.2 Å². The Bertz CT molecular complexity index is 957. The standard InChI is InChI=1S/C19H23NO5S2/c1-11(2)27(23,24)15-8-6-14(7-9-15)10-16(21)20-18-17(19(22)25-5)12(3)13(4)26-18/h6-9,11H,10H2,1-5H3,(H,20,21). The Hall–Kier alpha value is -2.19. The summed E-state index contributed by atoms with van der Waals surface area (Å²) >= 11 is 1.32. The number of carbonyl (C=O) groups excluding carboxylic acids is 2. The highest BCUT2D eigenvalue weighted by atomic mass is 32.2. The third-order valence-corrected chi connectivity index (χ3v) is 7.56. The third kappa shape index (κ3) is 4.56. The predicted molar refractivity (Wildman–Crippen MR) is 106 cm³/mol. The molecule has 1 heterocycles. The second-order valence-corrected chi connectivity index (χ2v) is 10.2. The fourth-order valence-corrected chi connectivity index (χ4v) is 4.61. The van der Waals surface area contributed by atoms with Crippen LogP contribution in [-0.2, 0) is 25.8 Å². The van der Waals surface area contributed by atoms with Gasteiger partial charge in [0, 0.05) is 4.88 Å². The molecule has 0 bridgehead atoms. The van der Waals surface area contributed by atoms with E-state index in [1.54, 1.807) is 26.0 Å². The van der Waals surface area contributed by atoms with Gasteiger partial charge in [-0.15, -0.1) is 11.3 Å². The van der Waals surface area contributed by atoms with Gasteiger partial charge in [-0.25, -0.2) is 13.2 Å². The molecule has 0 aliphatic carbocycles. The molecule has 0 saturated carbocycles. The van der Waals surface area contributed by atoms with Gasteiger partial charge in [-0.05, 0) is 51.0 Å². The van der Waals surface area contributed by atoms with E-state index in [4.69, 9.17) is 4.74 Å². The lowest BCUT2D eigenvalue weighted by molar-refractivity contribution is -0.115. The number of benzene rings is 1. The minimum atomic E-state index is -3.34. The molecule has 1 amide bonds. The molecule has 0 aliphatic rings. The number of methoxy groups -OCH3 is 1. The Morgan fingerprint density at radius 2 is 1.74 bits per heavy atom. The summed E-state index contributed by atoms with van der Waals surface area (Å²) in [5.41, 5.74) is 1.83. The summed E-state index contributed by atoms with van der Waals surface area (Å²) < 4.78 is 29.1. The van der Waals surface area contributed by atoms with Gasteiger partial charge in [-0.1, -0.05) is 12.1 Å².